The second-order valence-electron chi connectivity index (χ2n) is 11.3. The van der Waals surface area contributed by atoms with Crippen LogP contribution < -0.4 is 26.8 Å². The Hall–Kier alpha value is -4.74. The maximum absolute atomic E-state index is 13.4. The van der Waals surface area contributed by atoms with E-state index in [9.17, 15) is 28.8 Å². The van der Waals surface area contributed by atoms with Crippen molar-refractivity contribution in [3.63, 3.8) is 0 Å². The smallest absolute Gasteiger partial charge is 0.287 e. The lowest BCUT2D eigenvalue weighted by molar-refractivity contribution is -0.137. The van der Waals surface area contributed by atoms with Gasteiger partial charge in [-0.05, 0) is 62.6 Å². The SMILES string of the molecule is CNC(=O)C(=O)CC[C@H](NC(=O)c1oc2ccccc2c1C)C(=O)Nc1cccn(CC(=O)N[C@@H]2CC3CCC2C3)c1=O. The van der Waals surface area contributed by atoms with Gasteiger partial charge >= 0.3 is 0 Å². The van der Waals surface area contributed by atoms with Gasteiger partial charge in [-0.1, -0.05) is 24.6 Å². The number of hydrogen-bond donors (Lipinski definition) is 4. The number of aryl methyl sites for hydroxylation is 1. The molecule has 4 amide bonds. The Morgan fingerprint density at radius 3 is 2.53 bits per heavy atom. The highest BCUT2D eigenvalue weighted by molar-refractivity contribution is 6.36. The molecule has 2 unspecified atom stereocenters. The van der Waals surface area contributed by atoms with E-state index in [0.29, 0.717) is 23.0 Å². The standard InChI is InChI=1S/C31H35N5O7/c1-17-20-6-3-4-8-25(20)43-27(17)30(41)34-21(11-12-24(37)29(40)32-2)28(39)35-22-7-5-13-36(31(22)42)16-26(38)33-23-15-18-9-10-19(23)14-18/h3-8,13,18-19,21,23H,9-12,14-16H2,1-2H3,(H,32,40)(H,33,38)(H,34,41)(H,35,39)/t18?,19?,21-,23+/m0/s1. The number of furan rings is 1. The van der Waals surface area contributed by atoms with Crippen molar-refractivity contribution in [3.05, 3.63) is 64.3 Å². The summed E-state index contributed by atoms with van der Waals surface area (Å²) in [5.74, 6) is -2.18. The molecule has 12 nitrogen and oxygen atoms in total. The zero-order chi connectivity index (χ0) is 30.7. The minimum absolute atomic E-state index is 0.000177. The van der Waals surface area contributed by atoms with Crippen molar-refractivity contribution in [2.75, 3.05) is 12.4 Å². The van der Waals surface area contributed by atoms with E-state index < -0.39 is 35.1 Å². The van der Waals surface area contributed by atoms with Crippen molar-refractivity contribution >= 4 is 46.1 Å². The van der Waals surface area contributed by atoms with E-state index in [2.05, 4.69) is 21.3 Å². The number of likely N-dealkylation sites (N-methyl/N-ethyl adjacent to an activating group) is 1. The molecule has 4 atom stereocenters. The highest BCUT2D eigenvalue weighted by Gasteiger charge is 2.40. The number of hydrogen-bond acceptors (Lipinski definition) is 7. The maximum Gasteiger partial charge on any atom is 0.287 e. The van der Waals surface area contributed by atoms with Crippen LogP contribution in [0.2, 0.25) is 0 Å². The van der Waals surface area contributed by atoms with E-state index in [1.807, 2.05) is 6.07 Å². The van der Waals surface area contributed by atoms with Gasteiger partial charge in [0.2, 0.25) is 17.6 Å². The van der Waals surface area contributed by atoms with Crippen LogP contribution in [0.3, 0.4) is 0 Å². The summed E-state index contributed by atoms with van der Waals surface area (Å²) >= 11 is 0. The molecule has 2 fully saturated rings. The predicted octanol–water partition coefficient (Wildman–Crippen LogP) is 2.04. The van der Waals surface area contributed by atoms with E-state index in [-0.39, 0.29) is 42.8 Å². The molecule has 2 aliphatic rings. The van der Waals surface area contributed by atoms with E-state index >= 15 is 0 Å². The topological polar surface area (TPSA) is 169 Å². The second kappa shape index (κ2) is 12.6. The van der Waals surface area contributed by atoms with Crippen LogP contribution in [0.25, 0.3) is 11.0 Å². The first-order valence-corrected chi connectivity index (χ1v) is 14.5. The number of Topliss-reactive ketones (excluding diaryl/α,β-unsaturated/α-hetero) is 1. The Balaban J connectivity index is 1.29. The molecule has 2 aliphatic carbocycles. The van der Waals surface area contributed by atoms with E-state index in [1.54, 1.807) is 25.1 Å². The molecule has 0 aliphatic heterocycles. The predicted molar refractivity (Wildman–Crippen MR) is 157 cm³/mol. The van der Waals surface area contributed by atoms with Gasteiger partial charge in [0.15, 0.2) is 5.76 Å². The Morgan fingerprint density at radius 2 is 1.84 bits per heavy atom. The van der Waals surface area contributed by atoms with Gasteiger partial charge in [0.25, 0.3) is 17.4 Å². The molecule has 0 saturated heterocycles. The number of carbonyl (C=O) groups is 5. The third kappa shape index (κ3) is 6.52. The second-order valence-corrected chi connectivity index (χ2v) is 11.3. The summed E-state index contributed by atoms with van der Waals surface area (Å²) in [6.07, 6.45) is 5.33. The molecule has 2 saturated carbocycles. The lowest BCUT2D eigenvalue weighted by Gasteiger charge is -2.23. The van der Waals surface area contributed by atoms with Gasteiger partial charge in [-0.3, -0.25) is 28.8 Å². The zero-order valence-corrected chi connectivity index (χ0v) is 24.1. The Kier molecular flexibility index (Phi) is 8.74. The average Bonchev–Trinajstić information content (AvgIpc) is 3.71. The fraction of sp³-hybridized carbons (Fsp3) is 0.419. The van der Waals surface area contributed by atoms with Crippen LogP contribution >= 0.6 is 0 Å². The number of aromatic nitrogens is 1. The molecule has 0 spiro atoms. The van der Waals surface area contributed by atoms with Crippen molar-refractivity contribution in [1.29, 1.82) is 0 Å². The number of anilines is 1. The third-order valence-electron chi connectivity index (χ3n) is 8.49. The van der Waals surface area contributed by atoms with Crippen LogP contribution in [-0.4, -0.2) is 53.1 Å². The summed E-state index contributed by atoms with van der Waals surface area (Å²) in [6.45, 7) is 1.51. The Bertz CT molecular complexity index is 1640. The minimum atomic E-state index is -1.29. The molecule has 3 aromatic rings. The van der Waals surface area contributed by atoms with Crippen molar-refractivity contribution < 1.29 is 28.4 Å². The van der Waals surface area contributed by atoms with Gasteiger partial charge in [0.1, 0.15) is 23.9 Å². The molecule has 1 aromatic carbocycles. The third-order valence-corrected chi connectivity index (χ3v) is 8.49. The zero-order valence-electron chi connectivity index (χ0n) is 24.1. The number of carbonyl (C=O) groups excluding carboxylic acids is 5. The number of fused-ring (bicyclic) bond motifs is 3. The van der Waals surface area contributed by atoms with Gasteiger partial charge in [-0.25, -0.2) is 0 Å². The number of benzene rings is 1. The summed E-state index contributed by atoms with van der Waals surface area (Å²) < 4.78 is 6.92. The van der Waals surface area contributed by atoms with Crippen LogP contribution in [0.1, 0.15) is 54.6 Å². The summed E-state index contributed by atoms with van der Waals surface area (Å²) in [7, 11) is 1.31. The highest BCUT2D eigenvalue weighted by atomic mass is 16.3. The summed E-state index contributed by atoms with van der Waals surface area (Å²) in [6, 6.07) is 8.85. The van der Waals surface area contributed by atoms with E-state index in [0.717, 1.165) is 24.6 Å². The Labute approximate surface area is 247 Å². The lowest BCUT2D eigenvalue weighted by Crippen LogP contribution is -2.45. The molecule has 0 radical (unpaired) electrons. The van der Waals surface area contributed by atoms with Crippen molar-refractivity contribution in [3.8, 4) is 0 Å². The fourth-order valence-corrected chi connectivity index (χ4v) is 6.22. The summed E-state index contributed by atoms with van der Waals surface area (Å²) in [4.78, 5) is 76.4. The Morgan fingerprint density at radius 1 is 1.05 bits per heavy atom. The largest absolute Gasteiger partial charge is 0.451 e. The number of para-hydroxylation sites is 1. The van der Waals surface area contributed by atoms with Gasteiger partial charge in [0, 0.05) is 36.7 Å². The quantitative estimate of drug-likeness (QED) is 0.248. The molecule has 43 heavy (non-hydrogen) atoms. The summed E-state index contributed by atoms with van der Waals surface area (Å²) in [5, 5.41) is 11.1. The molecule has 2 aromatic heterocycles. The van der Waals surface area contributed by atoms with Gasteiger partial charge in [0.05, 0.1) is 0 Å². The first-order valence-electron chi connectivity index (χ1n) is 14.5. The first-order chi connectivity index (χ1) is 20.6. The number of nitrogens with zero attached hydrogens (tertiary/aromatic N) is 1. The fourth-order valence-electron chi connectivity index (χ4n) is 6.22. The molecular weight excluding hydrogens is 554 g/mol. The van der Waals surface area contributed by atoms with Crippen molar-refractivity contribution in [2.45, 2.75) is 64.1 Å². The van der Waals surface area contributed by atoms with Crippen molar-refractivity contribution in [1.82, 2.24) is 20.5 Å². The monoisotopic (exact) mass is 589 g/mol. The number of nitrogens with one attached hydrogen (secondary N) is 4. The number of pyridine rings is 1. The maximum atomic E-state index is 13.4. The molecule has 2 heterocycles. The van der Waals surface area contributed by atoms with Crippen molar-refractivity contribution in [2.24, 2.45) is 11.8 Å². The molecule has 4 N–H and O–H groups in total. The molecule has 5 rings (SSSR count). The number of amides is 4. The normalized spacial score (nSPS) is 19.5. The van der Waals surface area contributed by atoms with Crippen LogP contribution in [0.4, 0.5) is 5.69 Å². The van der Waals surface area contributed by atoms with Gasteiger partial charge < -0.3 is 30.3 Å². The number of ketones is 1. The first kappa shape index (κ1) is 29.7. The molecule has 12 heteroatoms. The molecule has 2 bridgehead atoms. The van der Waals surface area contributed by atoms with Gasteiger partial charge in [-0.15, -0.1) is 0 Å². The van der Waals surface area contributed by atoms with Gasteiger partial charge in [-0.2, -0.15) is 0 Å². The van der Waals surface area contributed by atoms with E-state index in [4.69, 9.17) is 4.42 Å². The lowest BCUT2D eigenvalue weighted by atomic mass is 9.95. The van der Waals surface area contributed by atoms with Crippen LogP contribution in [0, 0.1) is 18.8 Å². The van der Waals surface area contributed by atoms with Crippen LogP contribution in [-0.2, 0) is 25.7 Å². The highest BCUT2D eigenvalue weighted by Crippen LogP contribution is 2.44. The minimum Gasteiger partial charge on any atom is -0.451 e. The number of rotatable bonds is 11. The average molecular weight is 590 g/mol. The molecule has 226 valence electrons. The summed E-state index contributed by atoms with van der Waals surface area (Å²) in [5.41, 5.74) is 0.370. The van der Waals surface area contributed by atoms with E-state index in [1.165, 1.54) is 36.4 Å². The van der Waals surface area contributed by atoms with Crippen LogP contribution in [0.5, 0.6) is 0 Å². The van der Waals surface area contributed by atoms with Crippen LogP contribution in [0.15, 0.2) is 51.8 Å². The molecular formula is C31H35N5O7.